The van der Waals surface area contributed by atoms with Crippen molar-refractivity contribution in [3.8, 4) is 0 Å². The molecule has 1 aromatic rings. The van der Waals surface area contributed by atoms with Crippen LogP contribution in [-0.4, -0.2) is 35.6 Å². The number of benzene rings is 1. The van der Waals surface area contributed by atoms with E-state index in [0.717, 1.165) is 12.8 Å². The molecule has 3 rings (SSSR count). The Kier molecular flexibility index (Phi) is 7.00. The first-order valence-corrected chi connectivity index (χ1v) is 9.53. The summed E-state index contributed by atoms with van der Waals surface area (Å²) in [5.74, 6) is -0.193. The zero-order valence-electron chi connectivity index (χ0n) is 15.9. The molecule has 0 saturated carbocycles. The Morgan fingerprint density at radius 2 is 1.78 bits per heavy atom. The number of carbonyl (C=O) groups excluding carboxylic acids is 2. The highest BCUT2D eigenvalue weighted by Crippen LogP contribution is 2.27. The van der Waals surface area contributed by atoms with Crippen LogP contribution in [0.1, 0.15) is 56.8 Å². The molecule has 2 heterocycles. The van der Waals surface area contributed by atoms with Crippen LogP contribution in [-0.2, 0) is 0 Å². The lowest BCUT2D eigenvalue weighted by Crippen LogP contribution is -2.48. The van der Waals surface area contributed by atoms with E-state index in [1.165, 1.54) is 12.8 Å². The monoisotopic (exact) mass is 414 g/mol. The molecule has 2 bridgehead atoms. The summed E-state index contributed by atoms with van der Waals surface area (Å²) in [6.45, 7) is 5.71. The van der Waals surface area contributed by atoms with E-state index in [9.17, 15) is 9.59 Å². The predicted octanol–water partition coefficient (Wildman–Crippen LogP) is 3.69. The average Bonchev–Trinajstić information content (AvgIpc) is 2.86. The Labute approximate surface area is 171 Å². The van der Waals surface area contributed by atoms with E-state index >= 15 is 0 Å². The second kappa shape index (κ2) is 8.67. The minimum atomic E-state index is -0.342. The minimum absolute atomic E-state index is 0. The van der Waals surface area contributed by atoms with Crippen molar-refractivity contribution in [3.05, 3.63) is 28.8 Å². The van der Waals surface area contributed by atoms with Crippen LogP contribution in [0.2, 0.25) is 5.02 Å². The maximum atomic E-state index is 12.7. The Hall–Kier alpha value is -1.50. The quantitative estimate of drug-likeness (QED) is 0.608. The lowest BCUT2D eigenvalue weighted by Gasteiger charge is -2.29. The Morgan fingerprint density at radius 3 is 2.37 bits per heavy atom. The van der Waals surface area contributed by atoms with Crippen molar-refractivity contribution >= 4 is 41.6 Å². The number of anilines is 1. The molecule has 2 fully saturated rings. The maximum Gasteiger partial charge on any atom is 0.319 e. The molecule has 8 heteroatoms. The van der Waals surface area contributed by atoms with Gasteiger partial charge in [-0.15, -0.1) is 12.4 Å². The third-order valence-corrected chi connectivity index (χ3v) is 5.10. The number of carbonyl (C=O) groups is 2. The van der Waals surface area contributed by atoms with Gasteiger partial charge in [0, 0.05) is 29.4 Å². The molecule has 27 heavy (non-hydrogen) atoms. The number of piperidine rings is 1. The van der Waals surface area contributed by atoms with Crippen LogP contribution in [0.3, 0.4) is 0 Å². The van der Waals surface area contributed by atoms with E-state index in [1.807, 2.05) is 20.8 Å². The van der Waals surface area contributed by atoms with E-state index in [1.54, 1.807) is 18.2 Å². The molecule has 2 atom stereocenters. The number of fused-ring (bicyclic) bond motifs is 2. The average molecular weight is 415 g/mol. The molecule has 0 spiro atoms. The molecule has 2 aliphatic heterocycles. The van der Waals surface area contributed by atoms with Gasteiger partial charge in [0.2, 0.25) is 0 Å². The maximum absolute atomic E-state index is 12.7. The van der Waals surface area contributed by atoms with Crippen LogP contribution in [0.5, 0.6) is 0 Å². The van der Waals surface area contributed by atoms with Crippen LogP contribution in [0, 0.1) is 0 Å². The first kappa shape index (κ1) is 21.8. The molecule has 3 amide bonds. The summed E-state index contributed by atoms with van der Waals surface area (Å²) in [4.78, 5) is 24.7. The van der Waals surface area contributed by atoms with Gasteiger partial charge in [-0.1, -0.05) is 11.6 Å². The van der Waals surface area contributed by atoms with Crippen molar-refractivity contribution in [1.29, 1.82) is 0 Å². The third kappa shape index (κ3) is 5.99. The summed E-state index contributed by atoms with van der Waals surface area (Å²) in [5.41, 5.74) is 0.572. The molecule has 4 N–H and O–H groups in total. The van der Waals surface area contributed by atoms with E-state index in [-0.39, 0.29) is 35.9 Å². The van der Waals surface area contributed by atoms with Crippen molar-refractivity contribution in [2.75, 3.05) is 5.32 Å². The lowest BCUT2D eigenvalue weighted by molar-refractivity contribution is 0.0924. The van der Waals surface area contributed by atoms with Gasteiger partial charge in [-0.3, -0.25) is 4.79 Å². The molecule has 2 saturated heterocycles. The summed E-state index contributed by atoms with van der Waals surface area (Å²) in [6.07, 6.45) is 4.26. The number of halogens is 2. The van der Waals surface area contributed by atoms with Gasteiger partial charge < -0.3 is 21.3 Å². The van der Waals surface area contributed by atoms with Crippen molar-refractivity contribution in [2.24, 2.45) is 0 Å². The van der Waals surface area contributed by atoms with Crippen LogP contribution >= 0.6 is 24.0 Å². The number of rotatable bonds is 3. The summed E-state index contributed by atoms with van der Waals surface area (Å²) < 4.78 is 0. The summed E-state index contributed by atoms with van der Waals surface area (Å²) in [5, 5.41) is 12.6. The highest BCUT2D eigenvalue weighted by molar-refractivity contribution is 6.34. The summed E-state index contributed by atoms with van der Waals surface area (Å²) in [7, 11) is 0. The molecule has 1 aromatic carbocycles. The zero-order chi connectivity index (χ0) is 18.9. The number of hydrogen-bond acceptors (Lipinski definition) is 3. The first-order chi connectivity index (χ1) is 12.2. The zero-order valence-corrected chi connectivity index (χ0v) is 17.5. The fourth-order valence-corrected chi connectivity index (χ4v) is 3.92. The number of hydrogen-bond donors (Lipinski definition) is 4. The van der Waals surface area contributed by atoms with Gasteiger partial charge >= 0.3 is 6.03 Å². The van der Waals surface area contributed by atoms with E-state index in [4.69, 9.17) is 11.6 Å². The SMILES string of the molecule is CC(C)(C)NC(=O)Nc1ccc(Cl)c(C(=O)NC2CC3CCC(C2)N3)c1.Cl. The Bertz CT molecular complexity index is 693. The van der Waals surface area contributed by atoms with Gasteiger partial charge in [0.15, 0.2) is 0 Å². The fraction of sp³-hybridized carbons (Fsp3) is 0.579. The lowest BCUT2D eigenvalue weighted by atomic mass is 9.99. The number of nitrogens with one attached hydrogen (secondary N) is 4. The second-order valence-electron chi connectivity index (χ2n) is 8.30. The molecule has 6 nitrogen and oxygen atoms in total. The largest absolute Gasteiger partial charge is 0.349 e. The molecular formula is C19H28Cl2N4O2. The van der Waals surface area contributed by atoms with E-state index in [2.05, 4.69) is 21.3 Å². The Balaban J connectivity index is 0.00000261. The van der Waals surface area contributed by atoms with E-state index in [0.29, 0.717) is 28.4 Å². The molecule has 2 unspecified atom stereocenters. The number of amides is 3. The number of urea groups is 1. The topological polar surface area (TPSA) is 82.3 Å². The summed E-state index contributed by atoms with van der Waals surface area (Å²) >= 11 is 6.22. The predicted molar refractivity (Wildman–Crippen MR) is 111 cm³/mol. The van der Waals surface area contributed by atoms with Crippen molar-refractivity contribution in [1.82, 2.24) is 16.0 Å². The molecule has 150 valence electrons. The minimum Gasteiger partial charge on any atom is -0.349 e. The van der Waals surface area contributed by atoms with Crippen molar-refractivity contribution in [3.63, 3.8) is 0 Å². The Morgan fingerprint density at radius 1 is 1.15 bits per heavy atom. The van der Waals surface area contributed by atoms with Crippen molar-refractivity contribution in [2.45, 2.75) is 70.1 Å². The van der Waals surface area contributed by atoms with Gasteiger partial charge in [-0.05, 0) is 64.7 Å². The highest BCUT2D eigenvalue weighted by atomic mass is 35.5. The fourth-order valence-electron chi connectivity index (χ4n) is 3.72. The first-order valence-electron chi connectivity index (χ1n) is 9.15. The molecular weight excluding hydrogens is 387 g/mol. The van der Waals surface area contributed by atoms with Gasteiger partial charge in [0.05, 0.1) is 10.6 Å². The normalized spacial score (nSPS) is 23.9. The smallest absolute Gasteiger partial charge is 0.319 e. The van der Waals surface area contributed by atoms with Crippen LogP contribution in [0.4, 0.5) is 10.5 Å². The molecule has 0 aromatic heterocycles. The second-order valence-corrected chi connectivity index (χ2v) is 8.71. The molecule has 2 aliphatic rings. The van der Waals surface area contributed by atoms with Crippen LogP contribution in [0.15, 0.2) is 18.2 Å². The van der Waals surface area contributed by atoms with Crippen LogP contribution in [0.25, 0.3) is 0 Å². The van der Waals surface area contributed by atoms with Gasteiger partial charge in [0.1, 0.15) is 0 Å². The van der Waals surface area contributed by atoms with Crippen molar-refractivity contribution < 1.29 is 9.59 Å². The summed E-state index contributed by atoms with van der Waals surface area (Å²) in [6, 6.07) is 5.79. The van der Waals surface area contributed by atoms with Gasteiger partial charge in [-0.25, -0.2) is 4.79 Å². The third-order valence-electron chi connectivity index (χ3n) is 4.77. The molecule has 0 radical (unpaired) electrons. The highest BCUT2D eigenvalue weighted by Gasteiger charge is 2.34. The standard InChI is InChI=1S/C19H27ClN4O2.ClH/c1-19(2,3)24-18(26)23-13-6-7-16(20)15(10-13)17(25)22-14-8-11-4-5-12(9-14)21-11;/h6-7,10-12,14,21H,4-5,8-9H2,1-3H3,(H,22,25)(H2,23,24,26);1H. The van der Waals surface area contributed by atoms with Gasteiger partial charge in [0.25, 0.3) is 5.91 Å². The molecule has 0 aliphatic carbocycles. The van der Waals surface area contributed by atoms with Gasteiger partial charge in [-0.2, -0.15) is 0 Å². The van der Waals surface area contributed by atoms with Crippen LogP contribution < -0.4 is 21.3 Å². The van der Waals surface area contributed by atoms with E-state index < -0.39 is 0 Å².